The standard InChI is InChI=1S/C14H19N5O3/c1-3-19(8-12-16-14(21)18-17-12)9-13(20)15-10-6-4-5-7-11(10)22-2/h4-7H,3,8-9H2,1-2H3,(H,15,20)(H2,16,17,18,21). The highest BCUT2D eigenvalue weighted by Crippen LogP contribution is 2.22. The van der Waals surface area contributed by atoms with Crippen molar-refractivity contribution in [2.24, 2.45) is 0 Å². The van der Waals surface area contributed by atoms with Crippen LogP contribution in [0.15, 0.2) is 29.1 Å². The minimum atomic E-state index is -0.357. The van der Waals surface area contributed by atoms with Crippen LogP contribution >= 0.6 is 0 Å². The lowest BCUT2D eigenvalue weighted by Crippen LogP contribution is -2.33. The number of aromatic amines is 2. The van der Waals surface area contributed by atoms with Gasteiger partial charge in [-0.25, -0.2) is 9.89 Å². The molecule has 2 aromatic rings. The van der Waals surface area contributed by atoms with Crippen LogP contribution in [0.3, 0.4) is 0 Å². The monoisotopic (exact) mass is 305 g/mol. The first-order valence-corrected chi connectivity index (χ1v) is 6.91. The van der Waals surface area contributed by atoms with Crippen molar-refractivity contribution in [1.82, 2.24) is 20.1 Å². The highest BCUT2D eigenvalue weighted by atomic mass is 16.5. The number of methoxy groups -OCH3 is 1. The summed E-state index contributed by atoms with van der Waals surface area (Å²) in [5, 5.41) is 8.95. The van der Waals surface area contributed by atoms with E-state index in [1.807, 2.05) is 24.0 Å². The highest BCUT2D eigenvalue weighted by molar-refractivity contribution is 5.93. The lowest BCUT2D eigenvalue weighted by Gasteiger charge is -2.18. The molecule has 0 unspecified atom stereocenters. The summed E-state index contributed by atoms with van der Waals surface area (Å²) in [5.74, 6) is 0.941. The zero-order valence-corrected chi connectivity index (χ0v) is 12.5. The molecule has 0 fully saturated rings. The van der Waals surface area contributed by atoms with Crippen LogP contribution in [0.25, 0.3) is 0 Å². The maximum atomic E-state index is 12.1. The Hall–Kier alpha value is -2.61. The van der Waals surface area contributed by atoms with Gasteiger partial charge in [-0.05, 0) is 18.7 Å². The quantitative estimate of drug-likeness (QED) is 0.694. The molecule has 1 heterocycles. The second kappa shape index (κ2) is 7.41. The molecule has 0 aliphatic carbocycles. The number of nitrogens with zero attached hydrogens (tertiary/aromatic N) is 2. The zero-order chi connectivity index (χ0) is 15.9. The normalized spacial score (nSPS) is 10.7. The van der Waals surface area contributed by atoms with E-state index < -0.39 is 0 Å². The van der Waals surface area contributed by atoms with Crippen molar-refractivity contribution in [2.75, 3.05) is 25.5 Å². The van der Waals surface area contributed by atoms with E-state index in [1.54, 1.807) is 19.2 Å². The molecular formula is C14H19N5O3. The summed E-state index contributed by atoms with van der Waals surface area (Å²) in [6.07, 6.45) is 0. The van der Waals surface area contributed by atoms with E-state index in [0.29, 0.717) is 30.4 Å². The maximum Gasteiger partial charge on any atom is 0.340 e. The first-order valence-electron chi connectivity index (χ1n) is 6.91. The van der Waals surface area contributed by atoms with Gasteiger partial charge in [0.15, 0.2) is 0 Å². The van der Waals surface area contributed by atoms with E-state index in [-0.39, 0.29) is 18.1 Å². The topological polar surface area (TPSA) is 103 Å². The summed E-state index contributed by atoms with van der Waals surface area (Å²) in [4.78, 5) is 27.6. The van der Waals surface area contributed by atoms with E-state index in [0.717, 1.165) is 0 Å². The summed E-state index contributed by atoms with van der Waals surface area (Å²) < 4.78 is 5.19. The van der Waals surface area contributed by atoms with Crippen LogP contribution in [0, 0.1) is 0 Å². The van der Waals surface area contributed by atoms with Gasteiger partial charge in [0.2, 0.25) is 5.91 Å². The number of ether oxygens (including phenoxy) is 1. The minimum absolute atomic E-state index is 0.163. The van der Waals surface area contributed by atoms with Crippen LogP contribution in [-0.4, -0.2) is 46.2 Å². The van der Waals surface area contributed by atoms with Crippen LogP contribution in [-0.2, 0) is 11.3 Å². The summed E-state index contributed by atoms with van der Waals surface area (Å²) in [7, 11) is 1.55. The molecule has 118 valence electrons. The Labute approximate surface area is 127 Å². The van der Waals surface area contributed by atoms with Gasteiger partial charge < -0.3 is 10.1 Å². The molecule has 0 radical (unpaired) electrons. The lowest BCUT2D eigenvalue weighted by atomic mass is 10.3. The van der Waals surface area contributed by atoms with Gasteiger partial charge in [-0.3, -0.25) is 14.7 Å². The molecular weight excluding hydrogens is 286 g/mol. The third-order valence-corrected chi connectivity index (χ3v) is 3.12. The lowest BCUT2D eigenvalue weighted by molar-refractivity contribution is -0.117. The number of anilines is 1. The number of carbonyl (C=O) groups is 1. The molecule has 0 atom stereocenters. The summed E-state index contributed by atoms with van der Waals surface area (Å²) in [6, 6.07) is 7.21. The number of likely N-dealkylation sites (N-methyl/N-ethyl adjacent to an activating group) is 1. The maximum absolute atomic E-state index is 12.1. The highest BCUT2D eigenvalue weighted by Gasteiger charge is 2.13. The average molecular weight is 305 g/mol. The third-order valence-electron chi connectivity index (χ3n) is 3.12. The molecule has 3 N–H and O–H groups in total. The van der Waals surface area contributed by atoms with Crippen molar-refractivity contribution in [2.45, 2.75) is 13.5 Å². The van der Waals surface area contributed by atoms with Crippen LogP contribution in [0.5, 0.6) is 5.75 Å². The van der Waals surface area contributed by atoms with Crippen LogP contribution in [0.2, 0.25) is 0 Å². The Bertz CT molecular complexity index is 679. The number of rotatable bonds is 7. The van der Waals surface area contributed by atoms with E-state index in [1.165, 1.54) is 0 Å². The molecule has 0 spiro atoms. The molecule has 1 aromatic heterocycles. The van der Waals surface area contributed by atoms with Crippen molar-refractivity contribution in [3.63, 3.8) is 0 Å². The van der Waals surface area contributed by atoms with Crippen LogP contribution in [0.1, 0.15) is 12.7 Å². The van der Waals surface area contributed by atoms with Gasteiger partial charge in [-0.15, -0.1) is 0 Å². The van der Waals surface area contributed by atoms with Gasteiger partial charge in [0, 0.05) is 0 Å². The summed E-state index contributed by atoms with van der Waals surface area (Å²) in [6.45, 7) is 3.15. The molecule has 0 saturated heterocycles. The van der Waals surface area contributed by atoms with Gasteiger partial charge in [-0.1, -0.05) is 19.1 Å². The van der Waals surface area contributed by atoms with Gasteiger partial charge >= 0.3 is 5.69 Å². The average Bonchev–Trinajstić information content (AvgIpc) is 2.92. The summed E-state index contributed by atoms with van der Waals surface area (Å²) in [5.41, 5.74) is 0.267. The Morgan fingerprint density at radius 1 is 1.41 bits per heavy atom. The number of amides is 1. The van der Waals surface area contributed by atoms with Gasteiger partial charge in [0.1, 0.15) is 11.6 Å². The molecule has 0 aliphatic rings. The van der Waals surface area contributed by atoms with Crippen LogP contribution < -0.4 is 15.7 Å². The van der Waals surface area contributed by atoms with E-state index in [4.69, 9.17) is 4.74 Å². The second-order valence-corrected chi connectivity index (χ2v) is 4.68. The number of benzene rings is 1. The Morgan fingerprint density at radius 2 is 2.18 bits per heavy atom. The smallest absolute Gasteiger partial charge is 0.340 e. The first-order chi connectivity index (χ1) is 10.6. The van der Waals surface area contributed by atoms with Gasteiger partial charge in [0.25, 0.3) is 0 Å². The molecule has 22 heavy (non-hydrogen) atoms. The van der Waals surface area contributed by atoms with Crippen molar-refractivity contribution >= 4 is 11.6 Å². The van der Waals surface area contributed by atoms with Gasteiger partial charge in [0.05, 0.1) is 25.9 Å². The Morgan fingerprint density at radius 3 is 2.82 bits per heavy atom. The number of hydrogen-bond donors (Lipinski definition) is 3. The number of para-hydroxylation sites is 2. The van der Waals surface area contributed by atoms with Crippen molar-refractivity contribution in [3.05, 3.63) is 40.6 Å². The molecule has 2 rings (SSSR count). The molecule has 0 bridgehead atoms. The molecule has 8 nitrogen and oxygen atoms in total. The predicted octanol–water partition coefficient (Wildman–Crippen LogP) is 0.567. The fraction of sp³-hybridized carbons (Fsp3) is 0.357. The number of hydrogen-bond acceptors (Lipinski definition) is 5. The van der Waals surface area contributed by atoms with Gasteiger partial charge in [-0.2, -0.15) is 5.10 Å². The van der Waals surface area contributed by atoms with E-state index in [9.17, 15) is 9.59 Å². The minimum Gasteiger partial charge on any atom is -0.495 e. The SMILES string of the molecule is CCN(CC(=O)Nc1ccccc1OC)Cc1n[nH]c(=O)[nH]1. The number of H-pyrrole nitrogens is 2. The number of nitrogens with one attached hydrogen (secondary N) is 3. The first kappa shape index (κ1) is 15.8. The summed E-state index contributed by atoms with van der Waals surface area (Å²) >= 11 is 0. The van der Waals surface area contributed by atoms with Crippen molar-refractivity contribution < 1.29 is 9.53 Å². The fourth-order valence-electron chi connectivity index (χ4n) is 2.01. The molecule has 0 saturated carbocycles. The zero-order valence-electron chi connectivity index (χ0n) is 12.5. The van der Waals surface area contributed by atoms with E-state index in [2.05, 4.69) is 20.5 Å². The molecule has 0 aliphatic heterocycles. The fourth-order valence-corrected chi connectivity index (χ4v) is 2.01. The molecule has 1 amide bonds. The largest absolute Gasteiger partial charge is 0.495 e. The third kappa shape index (κ3) is 4.19. The Kier molecular flexibility index (Phi) is 5.31. The molecule has 1 aromatic carbocycles. The number of aromatic nitrogens is 3. The molecule has 8 heteroatoms. The number of carbonyl (C=O) groups excluding carboxylic acids is 1. The Balaban J connectivity index is 1.95. The van der Waals surface area contributed by atoms with Crippen molar-refractivity contribution in [1.29, 1.82) is 0 Å². The van der Waals surface area contributed by atoms with E-state index >= 15 is 0 Å². The second-order valence-electron chi connectivity index (χ2n) is 4.68. The van der Waals surface area contributed by atoms with Crippen LogP contribution in [0.4, 0.5) is 5.69 Å². The predicted molar refractivity (Wildman–Crippen MR) is 81.8 cm³/mol. The van der Waals surface area contributed by atoms with Crippen molar-refractivity contribution in [3.8, 4) is 5.75 Å².